The maximum Gasteiger partial charge on any atom is 0.162 e. The van der Waals surface area contributed by atoms with E-state index in [-0.39, 0.29) is 5.41 Å². The highest BCUT2D eigenvalue weighted by Crippen LogP contribution is 2.55. The van der Waals surface area contributed by atoms with Gasteiger partial charge in [-0.2, -0.15) is 0 Å². The van der Waals surface area contributed by atoms with Gasteiger partial charge in [-0.15, -0.1) is 0 Å². The van der Waals surface area contributed by atoms with E-state index in [9.17, 15) is 5.11 Å². The molecule has 1 aliphatic heterocycles. The summed E-state index contributed by atoms with van der Waals surface area (Å²) in [5.74, 6) is 1.29. The van der Waals surface area contributed by atoms with Crippen LogP contribution in [0.1, 0.15) is 23.1 Å². The molecule has 0 saturated carbocycles. The van der Waals surface area contributed by atoms with Crippen LogP contribution in [0.25, 0.3) is 0 Å². The van der Waals surface area contributed by atoms with Gasteiger partial charge in [-0.05, 0) is 61.5 Å². The first kappa shape index (κ1) is 17.6. The van der Waals surface area contributed by atoms with E-state index in [0.29, 0.717) is 23.5 Å². The lowest BCUT2D eigenvalue weighted by molar-refractivity contribution is 0.182. The van der Waals surface area contributed by atoms with Crippen molar-refractivity contribution in [2.24, 2.45) is 5.92 Å². The van der Waals surface area contributed by atoms with Crippen LogP contribution in [0, 0.1) is 5.92 Å². The van der Waals surface area contributed by atoms with E-state index in [2.05, 4.69) is 66.6 Å². The van der Waals surface area contributed by atoms with Gasteiger partial charge in [0.15, 0.2) is 11.5 Å². The normalized spacial score (nSPS) is 28.3. The second kappa shape index (κ2) is 6.52. The Morgan fingerprint density at radius 2 is 2.00 bits per heavy atom. The number of ether oxygens (including phenoxy) is 1. The molecule has 2 aliphatic carbocycles. The van der Waals surface area contributed by atoms with E-state index >= 15 is 0 Å². The molecule has 0 amide bonds. The van der Waals surface area contributed by atoms with Crippen molar-refractivity contribution in [2.75, 3.05) is 20.7 Å². The molecule has 3 nitrogen and oxygen atoms in total. The van der Waals surface area contributed by atoms with Crippen molar-refractivity contribution in [1.82, 2.24) is 4.90 Å². The number of nitrogens with zero attached hydrogens (tertiary/aromatic N) is 1. The Labute approximate surface area is 167 Å². The SMILES string of the molecule is COc1ccc2c(c1O)[C@@]13C=C[C@H](Cc4ccccc4)C=C1[C@@H](C2)N(C)CC3. The summed E-state index contributed by atoms with van der Waals surface area (Å²) in [4.78, 5) is 2.48. The van der Waals surface area contributed by atoms with Gasteiger partial charge < -0.3 is 9.84 Å². The van der Waals surface area contributed by atoms with E-state index in [0.717, 1.165) is 31.4 Å². The van der Waals surface area contributed by atoms with Crippen LogP contribution >= 0.6 is 0 Å². The van der Waals surface area contributed by atoms with Crippen LogP contribution in [0.3, 0.4) is 0 Å². The second-order valence-electron chi connectivity index (χ2n) is 8.41. The molecule has 0 aromatic heterocycles. The lowest BCUT2D eigenvalue weighted by Crippen LogP contribution is -2.54. The maximum atomic E-state index is 11.0. The Kier molecular flexibility index (Phi) is 4.09. The minimum absolute atomic E-state index is 0.198. The molecule has 0 radical (unpaired) electrons. The van der Waals surface area contributed by atoms with E-state index in [4.69, 9.17) is 4.74 Å². The van der Waals surface area contributed by atoms with Crippen LogP contribution in [0.2, 0.25) is 0 Å². The molecule has 28 heavy (non-hydrogen) atoms. The molecule has 1 saturated heterocycles. The molecule has 1 heterocycles. The van der Waals surface area contributed by atoms with Gasteiger partial charge in [0.2, 0.25) is 0 Å². The molecule has 3 heteroatoms. The average Bonchev–Trinajstić information content (AvgIpc) is 2.71. The Balaban J connectivity index is 1.61. The molecular formula is C25H27NO2. The zero-order valence-corrected chi connectivity index (χ0v) is 16.6. The van der Waals surface area contributed by atoms with Crippen molar-refractivity contribution in [2.45, 2.75) is 30.7 Å². The molecule has 2 aromatic rings. The molecule has 2 bridgehead atoms. The number of hydrogen-bond acceptors (Lipinski definition) is 3. The molecule has 5 rings (SSSR count). The summed E-state index contributed by atoms with van der Waals surface area (Å²) in [6.45, 7) is 1.03. The van der Waals surface area contributed by atoms with Crippen LogP contribution in [-0.2, 0) is 18.3 Å². The number of rotatable bonds is 3. The van der Waals surface area contributed by atoms with Crippen LogP contribution in [0.4, 0.5) is 0 Å². The zero-order chi connectivity index (χ0) is 19.3. The van der Waals surface area contributed by atoms with Crippen LogP contribution in [0.15, 0.2) is 66.3 Å². The standard InChI is InChI=1S/C25H27NO2/c1-26-13-12-25-11-10-18(14-17-6-4-3-5-7-17)15-20(25)21(26)16-19-8-9-22(28-2)24(27)23(19)25/h3-11,15,18,21,27H,12-14,16H2,1-2H3/t18-,21-,25-/m1/s1. The molecular weight excluding hydrogens is 346 g/mol. The van der Waals surface area contributed by atoms with Crippen molar-refractivity contribution in [3.8, 4) is 11.5 Å². The minimum atomic E-state index is -0.198. The van der Waals surface area contributed by atoms with E-state index in [1.54, 1.807) is 7.11 Å². The highest BCUT2D eigenvalue weighted by Gasteiger charge is 2.50. The number of methoxy groups -OCH3 is 1. The molecule has 0 unspecified atom stereocenters. The third kappa shape index (κ3) is 2.53. The molecule has 3 atom stereocenters. The summed E-state index contributed by atoms with van der Waals surface area (Å²) in [7, 11) is 3.86. The summed E-state index contributed by atoms with van der Waals surface area (Å²) in [5.41, 5.74) is 4.94. The molecule has 1 N–H and O–H groups in total. The van der Waals surface area contributed by atoms with Crippen LogP contribution < -0.4 is 4.74 Å². The van der Waals surface area contributed by atoms with Gasteiger partial charge in [0.25, 0.3) is 0 Å². The predicted octanol–water partition coefficient (Wildman–Crippen LogP) is 4.25. The monoisotopic (exact) mass is 373 g/mol. The number of likely N-dealkylation sites (N-methyl/N-ethyl adjacent to an activating group) is 1. The Bertz CT molecular complexity index is 962. The zero-order valence-electron chi connectivity index (χ0n) is 16.6. The number of aromatic hydroxyl groups is 1. The quantitative estimate of drug-likeness (QED) is 0.817. The highest BCUT2D eigenvalue weighted by atomic mass is 16.5. The van der Waals surface area contributed by atoms with Gasteiger partial charge in [-0.3, -0.25) is 4.90 Å². The minimum Gasteiger partial charge on any atom is -0.504 e. The summed E-state index contributed by atoms with van der Waals surface area (Å²) >= 11 is 0. The number of fused-ring (bicyclic) bond motifs is 1. The Morgan fingerprint density at radius 1 is 1.18 bits per heavy atom. The summed E-state index contributed by atoms with van der Waals surface area (Å²) in [6.07, 6.45) is 10.2. The maximum absolute atomic E-state index is 11.0. The molecule has 3 aliphatic rings. The number of likely N-dealkylation sites (tertiary alicyclic amines) is 1. The molecule has 0 spiro atoms. The second-order valence-corrected chi connectivity index (χ2v) is 8.41. The highest BCUT2D eigenvalue weighted by molar-refractivity contribution is 5.64. The van der Waals surface area contributed by atoms with Gasteiger partial charge in [0.1, 0.15) is 0 Å². The lowest BCUT2D eigenvalue weighted by atomic mass is 9.58. The first-order valence-corrected chi connectivity index (χ1v) is 10.2. The molecule has 2 aromatic carbocycles. The van der Waals surface area contributed by atoms with Gasteiger partial charge in [-0.25, -0.2) is 0 Å². The summed E-state index contributed by atoms with van der Waals surface area (Å²) in [5, 5.41) is 11.0. The van der Waals surface area contributed by atoms with Gasteiger partial charge in [0, 0.05) is 17.0 Å². The fraction of sp³-hybridized carbons (Fsp3) is 0.360. The van der Waals surface area contributed by atoms with E-state index in [1.807, 2.05) is 6.07 Å². The lowest BCUT2D eigenvalue weighted by Gasteiger charge is -2.53. The summed E-state index contributed by atoms with van der Waals surface area (Å²) in [6, 6.07) is 15.1. The Hall–Kier alpha value is -2.52. The summed E-state index contributed by atoms with van der Waals surface area (Å²) < 4.78 is 5.44. The van der Waals surface area contributed by atoms with Crippen molar-refractivity contribution in [1.29, 1.82) is 0 Å². The van der Waals surface area contributed by atoms with Crippen molar-refractivity contribution >= 4 is 0 Å². The third-order valence-electron chi connectivity index (χ3n) is 6.91. The van der Waals surface area contributed by atoms with Gasteiger partial charge in [-0.1, -0.05) is 54.6 Å². The number of allylic oxidation sites excluding steroid dienone is 3. The smallest absolute Gasteiger partial charge is 0.162 e. The topological polar surface area (TPSA) is 32.7 Å². The number of phenols is 1. The van der Waals surface area contributed by atoms with Crippen molar-refractivity contribution in [3.63, 3.8) is 0 Å². The first-order valence-electron chi connectivity index (χ1n) is 10.2. The predicted molar refractivity (Wildman–Crippen MR) is 112 cm³/mol. The molecule has 1 fully saturated rings. The van der Waals surface area contributed by atoms with Crippen LogP contribution in [-0.4, -0.2) is 36.8 Å². The van der Waals surface area contributed by atoms with Gasteiger partial charge in [0.05, 0.1) is 7.11 Å². The molecule has 144 valence electrons. The largest absolute Gasteiger partial charge is 0.504 e. The fourth-order valence-electron chi connectivity index (χ4n) is 5.49. The van der Waals surface area contributed by atoms with Crippen molar-refractivity contribution in [3.05, 3.63) is 83.0 Å². The number of phenolic OH excluding ortho intramolecular Hbond substituents is 1. The first-order chi connectivity index (χ1) is 13.6. The number of piperidine rings is 1. The van der Waals surface area contributed by atoms with Crippen LogP contribution in [0.5, 0.6) is 11.5 Å². The average molecular weight is 373 g/mol. The third-order valence-corrected chi connectivity index (χ3v) is 6.91. The fourth-order valence-corrected chi connectivity index (χ4v) is 5.49. The van der Waals surface area contributed by atoms with Crippen molar-refractivity contribution < 1.29 is 9.84 Å². The Morgan fingerprint density at radius 3 is 2.79 bits per heavy atom. The number of hydrogen-bond donors (Lipinski definition) is 1. The van der Waals surface area contributed by atoms with E-state index in [1.165, 1.54) is 16.7 Å². The van der Waals surface area contributed by atoms with E-state index < -0.39 is 0 Å². The number of benzene rings is 2. The van der Waals surface area contributed by atoms with Gasteiger partial charge >= 0.3 is 0 Å².